The Balaban J connectivity index is 1.61. The van der Waals surface area contributed by atoms with Gasteiger partial charge < -0.3 is 20.3 Å². The molecule has 0 aromatic carbocycles. The van der Waals surface area contributed by atoms with Gasteiger partial charge in [-0.25, -0.2) is 4.79 Å². The maximum Gasteiger partial charge on any atom is 0.317 e. The van der Waals surface area contributed by atoms with Gasteiger partial charge in [0, 0.05) is 57.0 Å². The number of rotatable bonds is 8. The van der Waals surface area contributed by atoms with Crippen LogP contribution in [0.25, 0.3) is 0 Å². The van der Waals surface area contributed by atoms with E-state index in [9.17, 15) is 9.59 Å². The average molecular weight is 360 g/mol. The second-order valence-electron chi connectivity index (χ2n) is 7.48. The van der Waals surface area contributed by atoms with Gasteiger partial charge in [0.1, 0.15) is 0 Å². The molecular formula is C19H28N4O3. The summed E-state index contributed by atoms with van der Waals surface area (Å²) >= 11 is 0. The molecule has 1 aromatic heterocycles. The third-order valence-corrected chi connectivity index (χ3v) is 5.42. The molecule has 2 aliphatic rings. The Hall–Kier alpha value is -2.15. The minimum Gasteiger partial charge on any atom is -0.384 e. The highest BCUT2D eigenvalue weighted by molar-refractivity contribution is 5.79. The minimum absolute atomic E-state index is 0.0201. The first-order valence-electron chi connectivity index (χ1n) is 9.30. The van der Waals surface area contributed by atoms with Crippen LogP contribution in [-0.2, 0) is 16.1 Å². The molecule has 0 bridgehead atoms. The number of nitrogens with one attached hydrogen (secondary N) is 2. The second kappa shape index (κ2) is 8.49. The zero-order valence-corrected chi connectivity index (χ0v) is 15.4. The highest BCUT2D eigenvalue weighted by Gasteiger charge is 2.37. The lowest BCUT2D eigenvalue weighted by atomic mass is 9.69. The van der Waals surface area contributed by atoms with Crippen molar-refractivity contribution in [3.05, 3.63) is 30.1 Å². The molecule has 1 aromatic rings. The van der Waals surface area contributed by atoms with Crippen LogP contribution in [0.5, 0.6) is 0 Å². The van der Waals surface area contributed by atoms with E-state index in [0.717, 1.165) is 24.8 Å². The number of aromatic nitrogens is 1. The standard InChI is InChI=1S/C19H28N4O3/c1-26-14-19(7-2-8-19)13-21-18(25)23(11-15-5-9-20-10-6-15)12-16-3-4-17(24)22-16/h5-6,9-10,16H,2-4,7-8,11-14H2,1H3,(H,21,25)(H,22,24). The van der Waals surface area contributed by atoms with E-state index in [1.54, 1.807) is 24.4 Å². The Kier molecular flexibility index (Phi) is 6.08. The number of carbonyl (C=O) groups is 2. The predicted molar refractivity (Wildman–Crippen MR) is 97.4 cm³/mol. The van der Waals surface area contributed by atoms with E-state index < -0.39 is 0 Å². The fraction of sp³-hybridized carbons (Fsp3) is 0.632. The first-order chi connectivity index (χ1) is 12.6. The number of carbonyl (C=O) groups excluding carboxylic acids is 2. The normalized spacial score (nSPS) is 21.0. The average Bonchev–Trinajstić information content (AvgIpc) is 3.02. The lowest BCUT2D eigenvalue weighted by Crippen LogP contribution is -2.51. The summed E-state index contributed by atoms with van der Waals surface area (Å²) in [4.78, 5) is 30.2. The number of ether oxygens (including phenoxy) is 1. The largest absolute Gasteiger partial charge is 0.384 e. The smallest absolute Gasteiger partial charge is 0.317 e. The van der Waals surface area contributed by atoms with E-state index in [-0.39, 0.29) is 23.4 Å². The van der Waals surface area contributed by atoms with Crippen LogP contribution >= 0.6 is 0 Å². The van der Waals surface area contributed by atoms with Gasteiger partial charge in [0.05, 0.1) is 6.61 Å². The fourth-order valence-electron chi connectivity index (χ4n) is 3.74. The van der Waals surface area contributed by atoms with Crippen molar-refractivity contribution < 1.29 is 14.3 Å². The summed E-state index contributed by atoms with van der Waals surface area (Å²) in [5, 5.41) is 6.04. The highest BCUT2D eigenvalue weighted by atomic mass is 16.5. The Morgan fingerprint density at radius 1 is 1.42 bits per heavy atom. The lowest BCUT2D eigenvalue weighted by Gasteiger charge is -2.41. The summed E-state index contributed by atoms with van der Waals surface area (Å²) in [6, 6.07) is 3.75. The summed E-state index contributed by atoms with van der Waals surface area (Å²) in [6.07, 6.45) is 8.12. The van der Waals surface area contributed by atoms with Gasteiger partial charge in [0.25, 0.3) is 0 Å². The number of urea groups is 1. The number of methoxy groups -OCH3 is 1. The molecular weight excluding hydrogens is 332 g/mol. The van der Waals surface area contributed by atoms with Gasteiger partial charge in [0.15, 0.2) is 0 Å². The molecule has 1 aliphatic heterocycles. The van der Waals surface area contributed by atoms with E-state index in [1.807, 2.05) is 12.1 Å². The summed E-state index contributed by atoms with van der Waals surface area (Å²) in [5.41, 5.74) is 1.10. The van der Waals surface area contributed by atoms with Crippen LogP contribution in [0.1, 0.15) is 37.7 Å². The molecule has 1 aliphatic carbocycles. The highest BCUT2D eigenvalue weighted by Crippen LogP contribution is 2.40. The zero-order valence-electron chi connectivity index (χ0n) is 15.4. The van der Waals surface area contributed by atoms with Gasteiger partial charge >= 0.3 is 6.03 Å². The van der Waals surface area contributed by atoms with Crippen LogP contribution in [0.2, 0.25) is 0 Å². The van der Waals surface area contributed by atoms with Crippen LogP contribution in [0.4, 0.5) is 4.79 Å². The second-order valence-corrected chi connectivity index (χ2v) is 7.48. The molecule has 7 nitrogen and oxygen atoms in total. The van der Waals surface area contributed by atoms with E-state index in [2.05, 4.69) is 15.6 Å². The summed E-state index contributed by atoms with van der Waals surface area (Å²) in [6.45, 7) is 2.31. The quantitative estimate of drug-likeness (QED) is 0.739. The molecule has 26 heavy (non-hydrogen) atoms. The predicted octanol–water partition coefficient (Wildman–Crippen LogP) is 1.69. The Morgan fingerprint density at radius 3 is 2.77 bits per heavy atom. The molecule has 1 atom stereocenters. The molecule has 2 fully saturated rings. The fourth-order valence-corrected chi connectivity index (χ4v) is 3.74. The van der Waals surface area contributed by atoms with E-state index in [0.29, 0.717) is 32.7 Å². The number of hydrogen-bond acceptors (Lipinski definition) is 4. The van der Waals surface area contributed by atoms with Crippen molar-refractivity contribution in [2.45, 2.75) is 44.7 Å². The molecule has 1 unspecified atom stereocenters. The molecule has 142 valence electrons. The number of hydrogen-bond donors (Lipinski definition) is 2. The Labute approximate surface area is 154 Å². The monoisotopic (exact) mass is 360 g/mol. The maximum absolute atomic E-state index is 12.9. The molecule has 2 N–H and O–H groups in total. The zero-order chi connectivity index (χ0) is 18.4. The molecule has 2 heterocycles. The van der Waals surface area contributed by atoms with E-state index in [4.69, 9.17) is 4.74 Å². The van der Waals surface area contributed by atoms with Crippen molar-refractivity contribution in [2.24, 2.45) is 5.41 Å². The first-order valence-corrected chi connectivity index (χ1v) is 9.30. The summed E-state index contributed by atoms with van der Waals surface area (Å²) in [5.74, 6) is 0.0628. The van der Waals surface area contributed by atoms with Gasteiger partial charge in [0.2, 0.25) is 5.91 Å². The number of amides is 3. The minimum atomic E-state index is -0.0923. The van der Waals surface area contributed by atoms with Crippen LogP contribution < -0.4 is 10.6 Å². The molecule has 3 amide bonds. The SMILES string of the molecule is COCC1(CNC(=O)N(Cc2ccncc2)CC2CCC(=O)N2)CCC1. The van der Waals surface area contributed by atoms with Gasteiger partial charge in [-0.2, -0.15) is 0 Å². The van der Waals surface area contributed by atoms with Crippen molar-refractivity contribution in [3.63, 3.8) is 0 Å². The third-order valence-electron chi connectivity index (χ3n) is 5.42. The molecule has 0 radical (unpaired) electrons. The maximum atomic E-state index is 12.9. The van der Waals surface area contributed by atoms with Crippen LogP contribution in [0.3, 0.4) is 0 Å². The van der Waals surface area contributed by atoms with Crippen LogP contribution in [0, 0.1) is 5.41 Å². The Morgan fingerprint density at radius 2 is 2.19 bits per heavy atom. The molecule has 7 heteroatoms. The van der Waals surface area contributed by atoms with Crippen molar-refractivity contribution in [2.75, 3.05) is 26.8 Å². The summed E-state index contributed by atoms with van der Waals surface area (Å²) in [7, 11) is 1.71. The van der Waals surface area contributed by atoms with E-state index >= 15 is 0 Å². The topological polar surface area (TPSA) is 83.6 Å². The van der Waals surface area contributed by atoms with Crippen molar-refractivity contribution in [3.8, 4) is 0 Å². The lowest BCUT2D eigenvalue weighted by molar-refractivity contribution is -0.119. The van der Waals surface area contributed by atoms with Gasteiger partial charge in [-0.05, 0) is 37.0 Å². The van der Waals surface area contributed by atoms with Crippen molar-refractivity contribution in [1.82, 2.24) is 20.5 Å². The van der Waals surface area contributed by atoms with E-state index in [1.165, 1.54) is 6.42 Å². The first kappa shape index (κ1) is 18.6. The van der Waals surface area contributed by atoms with Crippen molar-refractivity contribution in [1.29, 1.82) is 0 Å². The number of pyridine rings is 1. The molecule has 0 spiro atoms. The van der Waals surface area contributed by atoms with Crippen LogP contribution in [0.15, 0.2) is 24.5 Å². The molecule has 1 saturated carbocycles. The summed E-state index contributed by atoms with van der Waals surface area (Å²) < 4.78 is 5.34. The van der Waals surface area contributed by atoms with Gasteiger partial charge in [-0.1, -0.05) is 6.42 Å². The number of nitrogens with zero attached hydrogens (tertiary/aromatic N) is 2. The van der Waals surface area contributed by atoms with Gasteiger partial charge in [-0.15, -0.1) is 0 Å². The molecule has 1 saturated heterocycles. The Bertz CT molecular complexity index is 618. The van der Waals surface area contributed by atoms with Crippen molar-refractivity contribution >= 4 is 11.9 Å². The molecule has 3 rings (SSSR count). The van der Waals surface area contributed by atoms with Gasteiger partial charge in [-0.3, -0.25) is 9.78 Å². The third kappa shape index (κ3) is 4.72. The van der Waals surface area contributed by atoms with Crippen LogP contribution in [-0.4, -0.2) is 54.7 Å².